The van der Waals surface area contributed by atoms with Gasteiger partial charge < -0.3 is 16.0 Å². The van der Waals surface area contributed by atoms with E-state index in [1.165, 1.54) is 23.2 Å². The second-order valence-electron chi connectivity index (χ2n) is 4.56. The van der Waals surface area contributed by atoms with Gasteiger partial charge in [-0.05, 0) is 30.0 Å². The van der Waals surface area contributed by atoms with Gasteiger partial charge >= 0.3 is 0 Å². The molecule has 17 heavy (non-hydrogen) atoms. The van der Waals surface area contributed by atoms with Crippen molar-refractivity contribution in [2.45, 2.75) is 19.4 Å². The molecule has 1 aromatic rings. The third kappa shape index (κ3) is 2.97. The van der Waals surface area contributed by atoms with Crippen molar-refractivity contribution in [3.8, 4) is 0 Å². The maximum absolute atomic E-state index is 10.6. The average Bonchev–Trinajstić information content (AvgIpc) is 2.29. The SMILES string of the molecule is CN1CCCc2cc(CNCC(N)=O)ccc21. The number of nitrogens with two attached hydrogens (primary N) is 1. The first-order valence-electron chi connectivity index (χ1n) is 5.99. The average molecular weight is 233 g/mol. The molecule has 2 rings (SSSR count). The van der Waals surface area contributed by atoms with E-state index in [0.29, 0.717) is 6.54 Å². The summed E-state index contributed by atoms with van der Waals surface area (Å²) < 4.78 is 0. The third-order valence-electron chi connectivity index (χ3n) is 3.12. The van der Waals surface area contributed by atoms with Gasteiger partial charge in [-0.25, -0.2) is 0 Å². The lowest BCUT2D eigenvalue weighted by atomic mass is 9.99. The quantitative estimate of drug-likeness (QED) is 0.802. The molecule has 0 saturated heterocycles. The van der Waals surface area contributed by atoms with Crippen LogP contribution in [0.5, 0.6) is 0 Å². The smallest absolute Gasteiger partial charge is 0.231 e. The number of benzene rings is 1. The molecule has 0 radical (unpaired) electrons. The molecule has 4 heteroatoms. The van der Waals surface area contributed by atoms with Crippen LogP contribution in [0.2, 0.25) is 0 Å². The number of carbonyl (C=O) groups is 1. The minimum Gasteiger partial charge on any atom is -0.374 e. The molecule has 0 aromatic heterocycles. The van der Waals surface area contributed by atoms with Crippen LogP contribution in [0.1, 0.15) is 17.5 Å². The molecule has 1 aliphatic heterocycles. The Hall–Kier alpha value is -1.55. The Morgan fingerprint density at radius 2 is 2.35 bits per heavy atom. The maximum Gasteiger partial charge on any atom is 0.231 e. The highest BCUT2D eigenvalue weighted by Gasteiger charge is 2.13. The number of hydrogen-bond donors (Lipinski definition) is 2. The van der Waals surface area contributed by atoms with E-state index in [0.717, 1.165) is 13.0 Å². The van der Waals surface area contributed by atoms with E-state index in [1.807, 2.05) is 0 Å². The standard InChI is InChI=1S/C13H19N3O/c1-16-6-2-3-11-7-10(4-5-12(11)16)8-15-9-13(14)17/h4-5,7,15H,2-3,6,8-9H2,1H3,(H2,14,17). The predicted octanol–water partition coefficient (Wildman–Crippen LogP) is 0.644. The number of fused-ring (bicyclic) bond motifs is 1. The Labute approximate surface area is 102 Å². The molecule has 0 fully saturated rings. The molecule has 4 nitrogen and oxygen atoms in total. The Kier molecular flexibility index (Phi) is 3.64. The van der Waals surface area contributed by atoms with E-state index >= 15 is 0 Å². The molecule has 0 spiro atoms. The normalized spacial score (nSPS) is 14.5. The van der Waals surface area contributed by atoms with Crippen LogP contribution in [0.25, 0.3) is 0 Å². The number of anilines is 1. The van der Waals surface area contributed by atoms with Gasteiger partial charge in [0.05, 0.1) is 6.54 Å². The number of hydrogen-bond acceptors (Lipinski definition) is 3. The Balaban J connectivity index is 2.03. The topological polar surface area (TPSA) is 58.4 Å². The van der Waals surface area contributed by atoms with Gasteiger partial charge in [0.15, 0.2) is 0 Å². The summed E-state index contributed by atoms with van der Waals surface area (Å²) in [4.78, 5) is 12.9. The van der Waals surface area contributed by atoms with Gasteiger partial charge in [0.25, 0.3) is 0 Å². The van der Waals surface area contributed by atoms with Crippen LogP contribution in [0.4, 0.5) is 5.69 Å². The molecule has 3 N–H and O–H groups in total. The molecule has 0 bridgehead atoms. The van der Waals surface area contributed by atoms with Gasteiger partial charge in [-0.1, -0.05) is 12.1 Å². The van der Waals surface area contributed by atoms with Gasteiger partial charge in [-0.3, -0.25) is 4.79 Å². The number of nitrogens with one attached hydrogen (secondary N) is 1. The van der Waals surface area contributed by atoms with Crippen LogP contribution in [0.15, 0.2) is 18.2 Å². The highest BCUT2D eigenvalue weighted by atomic mass is 16.1. The molecule has 0 aliphatic carbocycles. The van der Waals surface area contributed by atoms with Crippen molar-refractivity contribution in [2.75, 3.05) is 25.0 Å². The highest BCUT2D eigenvalue weighted by molar-refractivity contribution is 5.75. The molecule has 1 aromatic carbocycles. The van der Waals surface area contributed by atoms with Crippen LogP contribution in [0.3, 0.4) is 0 Å². The van der Waals surface area contributed by atoms with Crippen molar-refractivity contribution in [3.63, 3.8) is 0 Å². The summed E-state index contributed by atoms with van der Waals surface area (Å²) in [5.74, 6) is -0.317. The Bertz CT molecular complexity index is 417. The van der Waals surface area contributed by atoms with Crippen molar-refractivity contribution >= 4 is 11.6 Å². The van der Waals surface area contributed by atoms with E-state index < -0.39 is 0 Å². The third-order valence-corrected chi connectivity index (χ3v) is 3.12. The number of rotatable bonds is 4. The van der Waals surface area contributed by atoms with Crippen molar-refractivity contribution in [3.05, 3.63) is 29.3 Å². The zero-order valence-electron chi connectivity index (χ0n) is 10.2. The molecule has 0 atom stereocenters. The number of primary amides is 1. The molecule has 0 unspecified atom stereocenters. The molecule has 1 aliphatic rings. The summed E-state index contributed by atoms with van der Waals surface area (Å²) in [7, 11) is 2.13. The van der Waals surface area contributed by atoms with Crippen LogP contribution >= 0.6 is 0 Å². The lowest BCUT2D eigenvalue weighted by Crippen LogP contribution is -2.28. The van der Waals surface area contributed by atoms with Crippen LogP contribution in [-0.4, -0.2) is 26.0 Å². The molecule has 1 heterocycles. The van der Waals surface area contributed by atoms with Gasteiger partial charge in [0.1, 0.15) is 0 Å². The predicted molar refractivity (Wildman–Crippen MR) is 68.9 cm³/mol. The Morgan fingerprint density at radius 3 is 3.12 bits per heavy atom. The molecular weight excluding hydrogens is 214 g/mol. The monoisotopic (exact) mass is 233 g/mol. The summed E-state index contributed by atoms with van der Waals surface area (Å²) in [6.45, 7) is 2.06. The fraction of sp³-hybridized carbons (Fsp3) is 0.462. The molecule has 0 saturated carbocycles. The number of nitrogens with zero attached hydrogens (tertiary/aromatic N) is 1. The van der Waals surface area contributed by atoms with Gasteiger partial charge in [0.2, 0.25) is 5.91 Å². The summed E-state index contributed by atoms with van der Waals surface area (Å²) in [5.41, 5.74) is 9.01. The number of carbonyl (C=O) groups excluding carboxylic acids is 1. The van der Waals surface area contributed by atoms with E-state index in [1.54, 1.807) is 0 Å². The second kappa shape index (κ2) is 5.19. The van der Waals surface area contributed by atoms with Crippen molar-refractivity contribution in [1.29, 1.82) is 0 Å². The largest absolute Gasteiger partial charge is 0.374 e. The number of amides is 1. The lowest BCUT2D eigenvalue weighted by molar-refractivity contribution is -0.117. The summed E-state index contributed by atoms with van der Waals surface area (Å²) in [5, 5.41) is 3.03. The molecule has 92 valence electrons. The lowest BCUT2D eigenvalue weighted by Gasteiger charge is -2.27. The van der Waals surface area contributed by atoms with E-state index in [-0.39, 0.29) is 12.5 Å². The highest BCUT2D eigenvalue weighted by Crippen LogP contribution is 2.26. The fourth-order valence-electron chi connectivity index (χ4n) is 2.28. The first-order chi connectivity index (χ1) is 8.16. The fourth-order valence-corrected chi connectivity index (χ4v) is 2.28. The minimum absolute atomic E-state index is 0.233. The summed E-state index contributed by atoms with van der Waals surface area (Å²) >= 11 is 0. The van der Waals surface area contributed by atoms with Crippen LogP contribution < -0.4 is 16.0 Å². The zero-order valence-corrected chi connectivity index (χ0v) is 10.2. The molecular formula is C13H19N3O. The van der Waals surface area contributed by atoms with E-state index in [9.17, 15) is 4.79 Å². The van der Waals surface area contributed by atoms with Crippen molar-refractivity contribution in [1.82, 2.24) is 5.32 Å². The van der Waals surface area contributed by atoms with E-state index in [4.69, 9.17) is 5.73 Å². The first kappa shape index (κ1) is 11.9. The first-order valence-corrected chi connectivity index (χ1v) is 5.99. The van der Waals surface area contributed by atoms with E-state index in [2.05, 4.69) is 35.5 Å². The number of aryl methyl sites for hydroxylation is 1. The zero-order chi connectivity index (χ0) is 12.3. The summed E-state index contributed by atoms with van der Waals surface area (Å²) in [6, 6.07) is 6.49. The van der Waals surface area contributed by atoms with Gasteiger partial charge in [0, 0.05) is 25.8 Å². The molecule has 1 amide bonds. The maximum atomic E-state index is 10.6. The van der Waals surface area contributed by atoms with Crippen molar-refractivity contribution in [2.24, 2.45) is 5.73 Å². The van der Waals surface area contributed by atoms with Crippen LogP contribution in [0, 0.1) is 0 Å². The minimum atomic E-state index is -0.317. The summed E-state index contributed by atoms with van der Waals surface area (Å²) in [6.07, 6.45) is 2.35. The van der Waals surface area contributed by atoms with Crippen LogP contribution in [-0.2, 0) is 17.8 Å². The van der Waals surface area contributed by atoms with Gasteiger partial charge in [-0.2, -0.15) is 0 Å². The Morgan fingerprint density at radius 1 is 1.53 bits per heavy atom. The van der Waals surface area contributed by atoms with Gasteiger partial charge in [-0.15, -0.1) is 0 Å². The second-order valence-corrected chi connectivity index (χ2v) is 4.56. The van der Waals surface area contributed by atoms with Crippen molar-refractivity contribution < 1.29 is 4.79 Å².